The zero-order valence-electron chi connectivity index (χ0n) is 16.1. The number of nitrogens with zero attached hydrogens (tertiary/aromatic N) is 2. The Morgan fingerprint density at radius 2 is 1.67 bits per heavy atom. The minimum absolute atomic E-state index is 0.0630. The average molecular weight is 441 g/mol. The van der Waals surface area contributed by atoms with Crippen molar-refractivity contribution in [2.45, 2.75) is 25.9 Å². The summed E-state index contributed by atoms with van der Waals surface area (Å²) in [5, 5.41) is 5.43. The van der Waals surface area contributed by atoms with Crippen molar-refractivity contribution in [3.63, 3.8) is 0 Å². The van der Waals surface area contributed by atoms with Gasteiger partial charge in [0.15, 0.2) is 0 Å². The third-order valence-electron chi connectivity index (χ3n) is 4.79. The van der Waals surface area contributed by atoms with Crippen LogP contribution in [0.4, 0.5) is 30.4 Å². The number of anilines is 3. The fourth-order valence-electron chi connectivity index (χ4n) is 3.26. The lowest BCUT2D eigenvalue weighted by molar-refractivity contribution is -0.137. The number of benzene rings is 1. The van der Waals surface area contributed by atoms with Crippen LogP contribution in [0, 0.1) is 5.92 Å². The summed E-state index contributed by atoms with van der Waals surface area (Å²) in [5.74, 6) is -0.254. The Hall–Kier alpha value is -2.81. The van der Waals surface area contributed by atoms with E-state index in [1.165, 1.54) is 6.92 Å². The quantitative estimate of drug-likeness (QED) is 0.730. The monoisotopic (exact) mass is 440 g/mol. The summed E-state index contributed by atoms with van der Waals surface area (Å²) in [6.45, 7) is 2.32. The summed E-state index contributed by atoms with van der Waals surface area (Å²) in [7, 11) is 0. The number of amides is 2. The fraction of sp³-hybridized carbons (Fsp3) is 0.350. The van der Waals surface area contributed by atoms with Gasteiger partial charge >= 0.3 is 6.18 Å². The number of aromatic nitrogens is 1. The molecule has 1 aromatic carbocycles. The highest BCUT2D eigenvalue weighted by molar-refractivity contribution is 6.33. The van der Waals surface area contributed by atoms with E-state index in [0.29, 0.717) is 37.3 Å². The van der Waals surface area contributed by atoms with Gasteiger partial charge in [-0.05, 0) is 43.2 Å². The van der Waals surface area contributed by atoms with Crippen molar-refractivity contribution in [3.8, 4) is 0 Å². The van der Waals surface area contributed by atoms with Crippen LogP contribution >= 0.6 is 11.6 Å². The molecule has 10 heteroatoms. The first kappa shape index (κ1) is 21.9. The van der Waals surface area contributed by atoms with E-state index < -0.39 is 11.7 Å². The molecule has 3 rings (SSSR count). The summed E-state index contributed by atoms with van der Waals surface area (Å²) in [6.07, 6.45) is -2.69. The van der Waals surface area contributed by atoms with Gasteiger partial charge in [0.25, 0.3) is 0 Å². The van der Waals surface area contributed by atoms with E-state index >= 15 is 0 Å². The van der Waals surface area contributed by atoms with Gasteiger partial charge in [-0.2, -0.15) is 13.2 Å². The number of pyridine rings is 1. The minimum atomic E-state index is -4.50. The highest BCUT2D eigenvalue weighted by Crippen LogP contribution is 2.34. The summed E-state index contributed by atoms with van der Waals surface area (Å²) < 4.78 is 38.3. The molecule has 2 aromatic rings. The Kier molecular flexibility index (Phi) is 6.50. The summed E-state index contributed by atoms with van der Waals surface area (Å²) in [6, 6.07) is 7.65. The van der Waals surface area contributed by atoms with Gasteiger partial charge in [-0.3, -0.25) is 9.59 Å². The van der Waals surface area contributed by atoms with Crippen LogP contribution in [0.15, 0.2) is 36.5 Å². The van der Waals surface area contributed by atoms with Crippen LogP contribution < -0.4 is 15.5 Å². The Balaban J connectivity index is 1.56. The van der Waals surface area contributed by atoms with Crippen molar-refractivity contribution in [1.29, 1.82) is 0 Å². The molecule has 1 aliphatic heterocycles. The number of carbonyl (C=O) groups excluding carboxylic acids is 2. The third-order valence-corrected chi connectivity index (χ3v) is 5.07. The van der Waals surface area contributed by atoms with Gasteiger partial charge in [0.05, 0.1) is 10.6 Å². The summed E-state index contributed by atoms with van der Waals surface area (Å²) >= 11 is 6.01. The predicted molar refractivity (Wildman–Crippen MR) is 109 cm³/mol. The lowest BCUT2D eigenvalue weighted by Crippen LogP contribution is -2.38. The van der Waals surface area contributed by atoms with E-state index in [1.807, 2.05) is 0 Å². The molecule has 1 saturated heterocycles. The summed E-state index contributed by atoms with van der Waals surface area (Å²) in [5.41, 5.74) is 0.355. The van der Waals surface area contributed by atoms with E-state index in [-0.39, 0.29) is 28.6 Å². The van der Waals surface area contributed by atoms with E-state index in [1.54, 1.807) is 29.2 Å². The predicted octanol–water partition coefficient (Wildman–Crippen LogP) is 4.57. The molecule has 0 radical (unpaired) electrons. The second kappa shape index (κ2) is 8.91. The van der Waals surface area contributed by atoms with Gasteiger partial charge in [-0.1, -0.05) is 11.6 Å². The molecule has 2 N–H and O–H groups in total. The smallest absolute Gasteiger partial charge is 0.355 e. The van der Waals surface area contributed by atoms with Crippen molar-refractivity contribution >= 4 is 40.6 Å². The van der Waals surface area contributed by atoms with E-state index in [9.17, 15) is 22.8 Å². The highest BCUT2D eigenvalue weighted by atomic mass is 35.5. The molecule has 2 heterocycles. The number of hydrogen-bond acceptors (Lipinski definition) is 4. The Morgan fingerprint density at radius 3 is 2.17 bits per heavy atom. The minimum Gasteiger partial charge on any atom is -0.355 e. The van der Waals surface area contributed by atoms with Crippen LogP contribution in [0.25, 0.3) is 0 Å². The van der Waals surface area contributed by atoms with Gasteiger partial charge < -0.3 is 15.5 Å². The number of halogens is 4. The van der Waals surface area contributed by atoms with Crippen LogP contribution in [-0.2, 0) is 15.8 Å². The van der Waals surface area contributed by atoms with Crippen LogP contribution in [-0.4, -0.2) is 29.9 Å². The molecule has 1 aliphatic rings. The van der Waals surface area contributed by atoms with Gasteiger partial charge in [0, 0.05) is 43.5 Å². The van der Waals surface area contributed by atoms with Crippen molar-refractivity contribution < 1.29 is 22.8 Å². The third kappa shape index (κ3) is 5.41. The first-order valence-electron chi connectivity index (χ1n) is 9.29. The number of nitrogens with one attached hydrogen (secondary N) is 2. The zero-order chi connectivity index (χ0) is 21.9. The van der Waals surface area contributed by atoms with Crippen LogP contribution in [0.5, 0.6) is 0 Å². The molecule has 30 heavy (non-hydrogen) atoms. The molecule has 0 unspecified atom stereocenters. The van der Waals surface area contributed by atoms with Gasteiger partial charge in [-0.15, -0.1) is 0 Å². The van der Waals surface area contributed by atoms with Crippen molar-refractivity contribution in [1.82, 2.24) is 4.98 Å². The molecule has 160 valence electrons. The molecule has 0 spiro atoms. The van der Waals surface area contributed by atoms with Crippen LogP contribution in [0.3, 0.4) is 0 Å². The second-order valence-corrected chi connectivity index (χ2v) is 7.44. The van der Waals surface area contributed by atoms with Crippen molar-refractivity contribution in [3.05, 3.63) is 47.1 Å². The zero-order valence-corrected chi connectivity index (χ0v) is 16.8. The van der Waals surface area contributed by atoms with E-state index in [4.69, 9.17) is 11.6 Å². The maximum absolute atomic E-state index is 12.8. The first-order valence-corrected chi connectivity index (χ1v) is 9.67. The van der Waals surface area contributed by atoms with Crippen LogP contribution in [0.2, 0.25) is 5.02 Å². The van der Waals surface area contributed by atoms with E-state index in [0.717, 1.165) is 12.3 Å². The Morgan fingerprint density at radius 1 is 1.10 bits per heavy atom. The van der Waals surface area contributed by atoms with Gasteiger partial charge in [0.1, 0.15) is 5.82 Å². The number of alkyl halides is 3. The number of rotatable bonds is 4. The molecule has 0 aliphatic carbocycles. The molecular formula is C20H20ClF3N4O2. The number of carbonyl (C=O) groups is 2. The maximum atomic E-state index is 12.8. The van der Waals surface area contributed by atoms with E-state index in [2.05, 4.69) is 15.6 Å². The lowest BCUT2D eigenvalue weighted by Gasteiger charge is -2.32. The van der Waals surface area contributed by atoms with Crippen molar-refractivity contribution in [2.24, 2.45) is 5.92 Å². The maximum Gasteiger partial charge on any atom is 0.417 e. The molecule has 1 fully saturated rings. The van der Waals surface area contributed by atoms with Crippen LogP contribution in [0.1, 0.15) is 25.3 Å². The molecule has 0 atom stereocenters. The summed E-state index contributed by atoms with van der Waals surface area (Å²) in [4.78, 5) is 29.2. The second-order valence-electron chi connectivity index (χ2n) is 7.04. The molecule has 6 nitrogen and oxygen atoms in total. The number of piperidine rings is 1. The first-order chi connectivity index (χ1) is 14.1. The molecule has 0 saturated carbocycles. The Labute approximate surface area is 176 Å². The van der Waals surface area contributed by atoms with Crippen molar-refractivity contribution in [2.75, 3.05) is 28.6 Å². The standard InChI is InChI=1S/C20H20ClF3N4O2/c1-12(29)26-15-2-4-16(5-3-15)27-19(30)13-6-8-28(9-7-13)18-17(21)10-14(11-25-18)20(22,23)24/h2-5,10-11,13H,6-9H2,1H3,(H,26,29)(H,27,30). The molecule has 1 aromatic heterocycles. The lowest BCUT2D eigenvalue weighted by atomic mass is 9.95. The molecule has 2 amide bonds. The number of hydrogen-bond donors (Lipinski definition) is 2. The normalized spacial score (nSPS) is 15.0. The topological polar surface area (TPSA) is 74.3 Å². The molecule has 0 bridgehead atoms. The largest absolute Gasteiger partial charge is 0.417 e. The Bertz CT molecular complexity index is 927. The van der Waals surface area contributed by atoms with Gasteiger partial charge in [-0.25, -0.2) is 4.98 Å². The SMILES string of the molecule is CC(=O)Nc1ccc(NC(=O)C2CCN(c3ncc(C(F)(F)F)cc3Cl)CC2)cc1. The van der Waals surface area contributed by atoms with Gasteiger partial charge in [0.2, 0.25) is 11.8 Å². The average Bonchev–Trinajstić information content (AvgIpc) is 2.68. The molecular weight excluding hydrogens is 421 g/mol. The fourth-order valence-corrected chi connectivity index (χ4v) is 3.54. The highest BCUT2D eigenvalue weighted by Gasteiger charge is 2.33.